The lowest BCUT2D eigenvalue weighted by Crippen LogP contribution is -2.05. The zero-order valence-corrected chi connectivity index (χ0v) is 10.6. The molecule has 2 nitrogen and oxygen atoms in total. The number of aryl methyl sites for hydroxylation is 1. The third-order valence-corrected chi connectivity index (χ3v) is 1.63. The van der Waals surface area contributed by atoms with Crippen LogP contribution in [0.15, 0.2) is 18.2 Å². The largest absolute Gasteiger partial charge is 0.497 e. The van der Waals surface area contributed by atoms with Crippen molar-refractivity contribution in [2.45, 2.75) is 40.7 Å². The highest BCUT2D eigenvalue weighted by atomic mass is 16.5. The van der Waals surface area contributed by atoms with Gasteiger partial charge in [0, 0.05) is 6.07 Å². The van der Waals surface area contributed by atoms with Gasteiger partial charge in [0.15, 0.2) is 0 Å². The van der Waals surface area contributed by atoms with Crippen LogP contribution < -0.4 is 9.47 Å². The maximum Gasteiger partial charge on any atom is 0.123 e. The predicted molar refractivity (Wildman–Crippen MR) is 64.8 cm³/mol. The summed E-state index contributed by atoms with van der Waals surface area (Å²) in [6, 6.07) is 5.88. The van der Waals surface area contributed by atoms with Crippen molar-refractivity contribution >= 4 is 0 Å². The smallest absolute Gasteiger partial charge is 0.123 e. The number of rotatable bonds is 3. The molecule has 0 heterocycles. The van der Waals surface area contributed by atoms with Gasteiger partial charge in [-0.05, 0) is 38.5 Å². The zero-order valence-electron chi connectivity index (χ0n) is 10.6. The molecule has 0 fully saturated rings. The van der Waals surface area contributed by atoms with Crippen LogP contribution in [0.2, 0.25) is 0 Å². The third-order valence-electron chi connectivity index (χ3n) is 1.63. The van der Waals surface area contributed by atoms with Gasteiger partial charge in [0.1, 0.15) is 11.5 Å². The van der Waals surface area contributed by atoms with Gasteiger partial charge in [-0.3, -0.25) is 0 Å². The van der Waals surface area contributed by atoms with E-state index in [0.29, 0.717) is 0 Å². The number of methoxy groups -OCH3 is 1. The van der Waals surface area contributed by atoms with Crippen molar-refractivity contribution < 1.29 is 9.47 Å². The highest BCUT2D eigenvalue weighted by Crippen LogP contribution is 2.22. The van der Waals surface area contributed by atoms with Crippen LogP contribution >= 0.6 is 0 Å². The molecule has 0 bridgehead atoms. The second kappa shape index (κ2) is 7.16. The molecule has 2 heteroatoms. The first-order valence-corrected chi connectivity index (χ1v) is 5.44. The number of hydrogen-bond donors (Lipinski definition) is 0. The van der Waals surface area contributed by atoms with Crippen LogP contribution in [0.1, 0.15) is 33.3 Å². The first kappa shape index (κ1) is 13.8. The number of hydrogen-bond acceptors (Lipinski definition) is 2. The summed E-state index contributed by atoms with van der Waals surface area (Å²) in [5.41, 5.74) is 1.15. The van der Waals surface area contributed by atoms with Gasteiger partial charge in [-0.1, -0.05) is 13.8 Å². The fraction of sp³-hybridized carbons (Fsp3) is 0.538. The summed E-state index contributed by atoms with van der Waals surface area (Å²) in [6.45, 7) is 10.0. The van der Waals surface area contributed by atoms with Gasteiger partial charge in [-0.15, -0.1) is 0 Å². The molecule has 0 aromatic heterocycles. The maximum absolute atomic E-state index is 5.56. The van der Waals surface area contributed by atoms with Crippen LogP contribution in [0, 0.1) is 6.92 Å². The molecule has 1 rings (SSSR count). The first-order valence-electron chi connectivity index (χ1n) is 5.44. The quantitative estimate of drug-likeness (QED) is 0.755. The molecule has 86 valence electrons. The van der Waals surface area contributed by atoms with Crippen molar-refractivity contribution in [2.24, 2.45) is 0 Å². The summed E-state index contributed by atoms with van der Waals surface area (Å²) in [6.07, 6.45) is 0.200. The Morgan fingerprint density at radius 1 is 1.00 bits per heavy atom. The highest BCUT2D eigenvalue weighted by Gasteiger charge is 2.01. The van der Waals surface area contributed by atoms with Crippen molar-refractivity contribution in [1.29, 1.82) is 0 Å². The van der Waals surface area contributed by atoms with Gasteiger partial charge < -0.3 is 9.47 Å². The fourth-order valence-corrected chi connectivity index (χ4v) is 1.17. The standard InChI is InChI=1S/C11H16O2.C2H6/c1-8(2)13-11-6-9(3)5-10(7-11)12-4;1-2/h5-8H,1-4H3;1-2H3. The molecule has 0 amide bonds. The van der Waals surface area contributed by atoms with E-state index >= 15 is 0 Å². The van der Waals surface area contributed by atoms with Crippen LogP contribution in [-0.4, -0.2) is 13.2 Å². The van der Waals surface area contributed by atoms with Gasteiger partial charge in [0.05, 0.1) is 13.2 Å². The van der Waals surface area contributed by atoms with E-state index < -0.39 is 0 Å². The molecule has 0 N–H and O–H groups in total. The molecule has 0 aliphatic heterocycles. The van der Waals surface area contributed by atoms with Gasteiger partial charge in [0.2, 0.25) is 0 Å². The van der Waals surface area contributed by atoms with Gasteiger partial charge in [0.25, 0.3) is 0 Å². The third kappa shape index (κ3) is 5.31. The van der Waals surface area contributed by atoms with E-state index in [1.165, 1.54) is 0 Å². The van der Waals surface area contributed by atoms with Gasteiger partial charge >= 0.3 is 0 Å². The van der Waals surface area contributed by atoms with Crippen LogP contribution in [0.4, 0.5) is 0 Å². The molecule has 0 aliphatic carbocycles. The van der Waals surface area contributed by atoms with Crippen LogP contribution in [0.3, 0.4) is 0 Å². The normalized spacial score (nSPS) is 9.27. The molecule has 0 radical (unpaired) electrons. The van der Waals surface area contributed by atoms with E-state index in [0.717, 1.165) is 17.1 Å². The van der Waals surface area contributed by atoms with Crippen LogP contribution in [-0.2, 0) is 0 Å². The van der Waals surface area contributed by atoms with E-state index in [1.807, 2.05) is 52.8 Å². The number of benzene rings is 1. The van der Waals surface area contributed by atoms with Crippen molar-refractivity contribution in [3.63, 3.8) is 0 Å². The minimum absolute atomic E-state index is 0.200. The lowest BCUT2D eigenvalue weighted by Gasteiger charge is -2.11. The molecule has 0 spiro atoms. The topological polar surface area (TPSA) is 18.5 Å². The summed E-state index contributed by atoms with van der Waals surface area (Å²) in [5, 5.41) is 0. The molecule has 1 aromatic carbocycles. The monoisotopic (exact) mass is 210 g/mol. The Morgan fingerprint density at radius 2 is 1.53 bits per heavy atom. The Bertz CT molecular complexity index is 280. The average Bonchev–Trinajstić information content (AvgIpc) is 2.18. The van der Waals surface area contributed by atoms with Gasteiger partial charge in [-0.2, -0.15) is 0 Å². The molecular weight excluding hydrogens is 188 g/mol. The molecule has 1 aromatic rings. The Balaban J connectivity index is 0.000000921. The molecule has 0 saturated heterocycles. The SMILES string of the molecule is CC.COc1cc(C)cc(OC(C)C)c1. The predicted octanol–water partition coefficient (Wildman–Crippen LogP) is 3.82. The second-order valence-corrected chi connectivity index (χ2v) is 3.35. The van der Waals surface area contributed by atoms with Crippen LogP contribution in [0.25, 0.3) is 0 Å². The van der Waals surface area contributed by atoms with E-state index in [-0.39, 0.29) is 6.10 Å². The Hall–Kier alpha value is -1.18. The Labute approximate surface area is 93.2 Å². The highest BCUT2D eigenvalue weighted by molar-refractivity contribution is 5.37. The minimum atomic E-state index is 0.200. The molecular formula is C13H22O2. The second-order valence-electron chi connectivity index (χ2n) is 3.35. The van der Waals surface area contributed by atoms with E-state index in [1.54, 1.807) is 7.11 Å². The maximum atomic E-state index is 5.56. The fourth-order valence-electron chi connectivity index (χ4n) is 1.17. The molecule has 15 heavy (non-hydrogen) atoms. The van der Waals surface area contributed by atoms with E-state index in [2.05, 4.69) is 0 Å². The van der Waals surface area contributed by atoms with Crippen molar-refractivity contribution in [2.75, 3.05) is 7.11 Å². The van der Waals surface area contributed by atoms with Crippen molar-refractivity contribution in [1.82, 2.24) is 0 Å². The van der Waals surface area contributed by atoms with E-state index in [4.69, 9.17) is 9.47 Å². The van der Waals surface area contributed by atoms with Crippen molar-refractivity contribution in [3.05, 3.63) is 23.8 Å². The van der Waals surface area contributed by atoms with Crippen LogP contribution in [0.5, 0.6) is 11.5 Å². The average molecular weight is 210 g/mol. The lowest BCUT2D eigenvalue weighted by atomic mass is 10.2. The summed E-state index contributed by atoms with van der Waals surface area (Å²) in [4.78, 5) is 0. The Kier molecular flexibility index (Phi) is 6.59. The lowest BCUT2D eigenvalue weighted by molar-refractivity contribution is 0.241. The number of ether oxygens (including phenoxy) is 2. The molecule has 0 aliphatic rings. The molecule has 0 atom stereocenters. The van der Waals surface area contributed by atoms with E-state index in [9.17, 15) is 0 Å². The first-order chi connectivity index (χ1) is 7.11. The van der Waals surface area contributed by atoms with Gasteiger partial charge in [-0.25, -0.2) is 0 Å². The zero-order chi connectivity index (χ0) is 11.8. The summed E-state index contributed by atoms with van der Waals surface area (Å²) in [5.74, 6) is 1.71. The minimum Gasteiger partial charge on any atom is -0.497 e. The molecule has 0 saturated carbocycles. The Morgan fingerprint density at radius 3 is 2.00 bits per heavy atom. The molecule has 0 unspecified atom stereocenters. The van der Waals surface area contributed by atoms with Crippen molar-refractivity contribution in [3.8, 4) is 11.5 Å². The summed E-state index contributed by atoms with van der Waals surface area (Å²) in [7, 11) is 1.66. The summed E-state index contributed by atoms with van der Waals surface area (Å²) >= 11 is 0. The summed E-state index contributed by atoms with van der Waals surface area (Å²) < 4.78 is 10.7.